The Morgan fingerprint density at radius 1 is 1.05 bits per heavy atom. The fourth-order valence-corrected chi connectivity index (χ4v) is 5.35. The molecule has 11 heteroatoms. The highest BCUT2D eigenvalue weighted by atomic mass is 16.7. The van der Waals surface area contributed by atoms with Crippen molar-refractivity contribution < 1.29 is 29.0 Å². The zero-order valence-electron chi connectivity index (χ0n) is 23.8. The highest BCUT2D eigenvalue weighted by Gasteiger charge is 2.34. The molecule has 0 radical (unpaired) electrons. The molecule has 2 saturated heterocycles. The lowest BCUT2D eigenvalue weighted by molar-refractivity contribution is -0.384. The van der Waals surface area contributed by atoms with Crippen LogP contribution >= 0.6 is 0 Å². The van der Waals surface area contributed by atoms with E-state index < -0.39 is 12.4 Å². The van der Waals surface area contributed by atoms with Crippen molar-refractivity contribution in [3.8, 4) is 0 Å². The van der Waals surface area contributed by atoms with Gasteiger partial charge in [0.25, 0.3) is 5.69 Å². The van der Waals surface area contributed by atoms with Gasteiger partial charge in [0.05, 0.1) is 23.7 Å². The molecule has 43 heavy (non-hydrogen) atoms. The topological polar surface area (TPSA) is 127 Å². The summed E-state index contributed by atoms with van der Waals surface area (Å²) in [5.41, 5.74) is 4.22. The van der Waals surface area contributed by atoms with Gasteiger partial charge >= 0.3 is 6.09 Å². The Hall–Kier alpha value is -4.29. The molecule has 0 bridgehead atoms. The summed E-state index contributed by atoms with van der Waals surface area (Å²) in [6.07, 6.45) is 0.573. The van der Waals surface area contributed by atoms with Crippen LogP contribution < -0.4 is 10.2 Å². The Kier molecular flexibility index (Phi) is 10.0. The lowest BCUT2D eigenvalue weighted by Gasteiger charge is -2.41. The van der Waals surface area contributed by atoms with Crippen LogP contribution in [-0.2, 0) is 20.8 Å². The second-order valence-electron chi connectivity index (χ2n) is 10.5. The third-order valence-corrected chi connectivity index (χ3v) is 7.61. The molecule has 0 saturated carbocycles. The molecule has 226 valence electrons. The lowest BCUT2D eigenvalue weighted by atomic mass is 9.99. The SMILES string of the molecule is C=CCOC(=O)Nc1cccc(C2OC(CN3CCN(c4ccc([N+](=O)[O-])cc4)CC3)CC(c3ccc(CO)cc3)O2)c1. The van der Waals surface area contributed by atoms with Crippen LogP contribution in [0.3, 0.4) is 0 Å². The highest BCUT2D eigenvalue weighted by molar-refractivity contribution is 5.84. The number of aliphatic hydroxyl groups excluding tert-OH is 1. The average molecular weight is 589 g/mol. The van der Waals surface area contributed by atoms with Crippen molar-refractivity contribution in [2.45, 2.75) is 31.5 Å². The van der Waals surface area contributed by atoms with Crippen LogP contribution in [0.1, 0.15) is 35.5 Å². The van der Waals surface area contributed by atoms with E-state index >= 15 is 0 Å². The first kappa shape index (κ1) is 30.2. The van der Waals surface area contributed by atoms with Gasteiger partial charge in [-0.1, -0.05) is 49.1 Å². The molecular formula is C32H36N4O7. The van der Waals surface area contributed by atoms with Gasteiger partial charge in [-0.25, -0.2) is 4.79 Å². The number of nitro groups is 1. The molecule has 1 amide bonds. The normalized spacial score (nSPS) is 20.8. The van der Waals surface area contributed by atoms with E-state index in [0.29, 0.717) is 18.7 Å². The van der Waals surface area contributed by atoms with Crippen LogP contribution in [0.2, 0.25) is 0 Å². The zero-order chi connectivity index (χ0) is 30.2. The standard InChI is InChI=1S/C32H36N4O7/c1-2-18-41-32(38)33-26-5-3-4-25(19-26)31-42-29(20-30(43-31)24-8-6-23(22-37)7-9-24)21-34-14-16-35(17-15-34)27-10-12-28(13-11-27)36(39)40/h2-13,19,29-31,37H,1,14-18,20-22H2,(H,33,38). The Bertz CT molecular complexity index is 1390. The number of amides is 1. The Labute approximate surface area is 250 Å². The summed E-state index contributed by atoms with van der Waals surface area (Å²) in [6, 6.07) is 21.8. The number of hydrogen-bond acceptors (Lipinski definition) is 9. The minimum atomic E-state index is -0.659. The smallest absolute Gasteiger partial charge is 0.411 e. The van der Waals surface area contributed by atoms with Crippen molar-refractivity contribution in [2.24, 2.45) is 0 Å². The van der Waals surface area contributed by atoms with E-state index in [1.165, 1.54) is 6.08 Å². The zero-order valence-corrected chi connectivity index (χ0v) is 23.8. The van der Waals surface area contributed by atoms with Crippen molar-refractivity contribution in [2.75, 3.05) is 49.5 Å². The summed E-state index contributed by atoms with van der Waals surface area (Å²) in [7, 11) is 0. The highest BCUT2D eigenvalue weighted by Crippen LogP contribution is 2.39. The summed E-state index contributed by atoms with van der Waals surface area (Å²) in [5.74, 6) is 0. The molecule has 3 aromatic carbocycles. The van der Waals surface area contributed by atoms with Gasteiger partial charge in [0.1, 0.15) is 6.61 Å². The van der Waals surface area contributed by atoms with Crippen LogP contribution in [0, 0.1) is 10.1 Å². The second kappa shape index (κ2) is 14.3. The number of piperazine rings is 1. The van der Waals surface area contributed by atoms with Gasteiger partial charge in [0.2, 0.25) is 0 Å². The maximum Gasteiger partial charge on any atom is 0.411 e. The van der Waals surface area contributed by atoms with Crippen molar-refractivity contribution >= 4 is 23.2 Å². The summed E-state index contributed by atoms with van der Waals surface area (Å²) in [6.45, 7) is 7.60. The van der Waals surface area contributed by atoms with Gasteiger partial charge in [-0.15, -0.1) is 0 Å². The fraction of sp³-hybridized carbons (Fsp3) is 0.344. The van der Waals surface area contributed by atoms with Crippen LogP contribution in [0.5, 0.6) is 0 Å². The van der Waals surface area contributed by atoms with E-state index in [1.54, 1.807) is 30.3 Å². The van der Waals surface area contributed by atoms with Crippen LogP contribution in [-0.4, -0.2) is 66.5 Å². The monoisotopic (exact) mass is 588 g/mol. The van der Waals surface area contributed by atoms with E-state index in [-0.39, 0.29) is 36.0 Å². The molecule has 2 heterocycles. The molecule has 0 spiro atoms. The molecule has 2 fully saturated rings. The van der Waals surface area contributed by atoms with Gasteiger partial charge in [-0.3, -0.25) is 20.3 Å². The van der Waals surface area contributed by atoms with Gasteiger partial charge < -0.3 is 24.2 Å². The van der Waals surface area contributed by atoms with Crippen molar-refractivity contribution in [1.82, 2.24) is 4.90 Å². The Morgan fingerprint density at radius 3 is 2.47 bits per heavy atom. The number of carbonyl (C=O) groups excluding carboxylic acids is 1. The van der Waals surface area contributed by atoms with E-state index in [1.807, 2.05) is 42.5 Å². The molecule has 3 aromatic rings. The first-order valence-corrected chi connectivity index (χ1v) is 14.3. The molecule has 3 atom stereocenters. The van der Waals surface area contributed by atoms with Crippen molar-refractivity contribution in [3.63, 3.8) is 0 Å². The number of non-ortho nitro benzene ring substituents is 1. The molecule has 2 aliphatic rings. The molecule has 11 nitrogen and oxygen atoms in total. The maximum atomic E-state index is 12.1. The summed E-state index contributed by atoms with van der Waals surface area (Å²) < 4.78 is 18.0. The number of aliphatic hydroxyl groups is 1. The van der Waals surface area contributed by atoms with E-state index in [2.05, 4.69) is 21.7 Å². The molecular weight excluding hydrogens is 552 g/mol. The summed E-state index contributed by atoms with van der Waals surface area (Å²) >= 11 is 0. The number of hydrogen-bond donors (Lipinski definition) is 2. The van der Waals surface area contributed by atoms with Crippen molar-refractivity contribution in [3.05, 3.63) is 112 Å². The molecule has 0 aliphatic carbocycles. The molecule has 2 N–H and O–H groups in total. The number of carbonyl (C=O) groups is 1. The van der Waals surface area contributed by atoms with Gasteiger partial charge in [0, 0.05) is 68.2 Å². The number of nitrogens with zero attached hydrogens (tertiary/aromatic N) is 3. The Balaban J connectivity index is 1.27. The quantitative estimate of drug-likeness (QED) is 0.187. The number of rotatable bonds is 10. The average Bonchev–Trinajstić information content (AvgIpc) is 3.04. The molecule has 3 unspecified atom stereocenters. The molecule has 2 aliphatic heterocycles. The van der Waals surface area contributed by atoms with Gasteiger partial charge in [0.15, 0.2) is 6.29 Å². The molecule has 0 aromatic heterocycles. The minimum absolute atomic E-state index is 0.0267. The Morgan fingerprint density at radius 2 is 1.79 bits per heavy atom. The first-order chi connectivity index (χ1) is 20.9. The largest absolute Gasteiger partial charge is 0.445 e. The van der Waals surface area contributed by atoms with E-state index in [4.69, 9.17) is 14.2 Å². The van der Waals surface area contributed by atoms with Crippen LogP contribution in [0.15, 0.2) is 85.5 Å². The first-order valence-electron chi connectivity index (χ1n) is 14.3. The number of benzene rings is 3. The van der Waals surface area contributed by atoms with E-state index in [9.17, 15) is 20.0 Å². The number of nitro benzene ring substituents is 1. The number of nitrogens with one attached hydrogen (secondary N) is 1. The van der Waals surface area contributed by atoms with E-state index in [0.717, 1.165) is 48.6 Å². The van der Waals surface area contributed by atoms with Crippen LogP contribution in [0.4, 0.5) is 21.9 Å². The predicted octanol–water partition coefficient (Wildman–Crippen LogP) is 5.19. The summed E-state index contributed by atoms with van der Waals surface area (Å²) in [5, 5.41) is 23.2. The van der Waals surface area contributed by atoms with Crippen molar-refractivity contribution in [1.29, 1.82) is 0 Å². The van der Waals surface area contributed by atoms with Crippen LogP contribution in [0.25, 0.3) is 0 Å². The minimum Gasteiger partial charge on any atom is -0.445 e. The van der Waals surface area contributed by atoms with Gasteiger partial charge in [-0.05, 0) is 35.4 Å². The third kappa shape index (κ3) is 7.96. The molecule has 5 rings (SSSR count). The second-order valence-corrected chi connectivity index (χ2v) is 10.5. The number of ether oxygens (including phenoxy) is 3. The lowest BCUT2D eigenvalue weighted by Crippen LogP contribution is -2.49. The predicted molar refractivity (Wildman–Crippen MR) is 162 cm³/mol. The third-order valence-electron chi connectivity index (χ3n) is 7.61. The van der Waals surface area contributed by atoms with Gasteiger partial charge in [-0.2, -0.15) is 0 Å². The summed E-state index contributed by atoms with van der Waals surface area (Å²) in [4.78, 5) is 27.3. The fourth-order valence-electron chi connectivity index (χ4n) is 5.35. The number of anilines is 2. The maximum absolute atomic E-state index is 12.1.